The quantitative estimate of drug-likeness (QED) is 0.428. The number of ketones is 1. The summed E-state index contributed by atoms with van der Waals surface area (Å²) < 4.78 is 10.3. The summed E-state index contributed by atoms with van der Waals surface area (Å²) in [5.74, 6) is -2.10. The first-order valence-corrected chi connectivity index (χ1v) is 10.1. The number of nitrogens with one attached hydrogen (secondary N) is 2. The maximum atomic E-state index is 12.8. The van der Waals surface area contributed by atoms with Gasteiger partial charge in [0.25, 0.3) is 0 Å². The highest BCUT2D eigenvalue weighted by Gasteiger charge is 2.24. The van der Waals surface area contributed by atoms with Gasteiger partial charge < -0.3 is 19.8 Å². The molecule has 166 valence electrons. The molecular formula is C24H24N2O6. The number of aromatic nitrogens is 1. The van der Waals surface area contributed by atoms with E-state index in [1.807, 2.05) is 24.3 Å². The van der Waals surface area contributed by atoms with E-state index in [9.17, 15) is 19.2 Å². The molecule has 32 heavy (non-hydrogen) atoms. The molecule has 3 aromatic rings. The maximum absolute atomic E-state index is 12.8. The Morgan fingerprint density at radius 1 is 0.969 bits per heavy atom. The molecule has 0 spiro atoms. The van der Waals surface area contributed by atoms with Crippen molar-refractivity contribution < 1.29 is 28.7 Å². The van der Waals surface area contributed by atoms with Crippen molar-refractivity contribution in [3.05, 3.63) is 64.5 Å². The Kier molecular flexibility index (Phi) is 6.73. The van der Waals surface area contributed by atoms with Crippen molar-refractivity contribution in [2.45, 2.75) is 27.7 Å². The summed E-state index contributed by atoms with van der Waals surface area (Å²) in [7, 11) is 0. The number of esters is 2. The number of Topliss-reactive ketones (excluding diaryl/α,β-unsaturated/α-hetero) is 1. The fraction of sp³-hybridized carbons (Fsp3) is 0.250. The third kappa shape index (κ3) is 4.69. The molecule has 0 saturated heterocycles. The van der Waals surface area contributed by atoms with Gasteiger partial charge in [-0.2, -0.15) is 0 Å². The Bertz CT molecular complexity index is 1220. The monoisotopic (exact) mass is 436 g/mol. The van der Waals surface area contributed by atoms with E-state index in [1.165, 1.54) is 6.92 Å². The largest absolute Gasteiger partial charge is 0.461 e. The number of H-pyrrole nitrogens is 1. The number of carbonyl (C=O) groups is 4. The summed E-state index contributed by atoms with van der Waals surface area (Å²) in [4.78, 5) is 52.1. The van der Waals surface area contributed by atoms with Gasteiger partial charge in [0.1, 0.15) is 5.69 Å². The van der Waals surface area contributed by atoms with Crippen LogP contribution in [0.1, 0.15) is 56.3 Å². The average Bonchev–Trinajstić information content (AvgIpc) is 3.05. The number of ether oxygens (including phenoxy) is 2. The van der Waals surface area contributed by atoms with E-state index in [2.05, 4.69) is 10.3 Å². The second kappa shape index (κ2) is 9.47. The second-order valence-electron chi connectivity index (χ2n) is 7.27. The van der Waals surface area contributed by atoms with Crippen molar-refractivity contribution >= 4 is 40.1 Å². The van der Waals surface area contributed by atoms with Gasteiger partial charge in [0.05, 0.1) is 17.9 Å². The Labute approximate surface area is 184 Å². The molecule has 0 atom stereocenters. The number of amides is 1. The number of benzene rings is 2. The van der Waals surface area contributed by atoms with Crippen LogP contribution in [0.2, 0.25) is 0 Å². The molecule has 0 aliphatic rings. The summed E-state index contributed by atoms with van der Waals surface area (Å²) >= 11 is 0. The van der Waals surface area contributed by atoms with Gasteiger partial charge in [-0.3, -0.25) is 9.59 Å². The van der Waals surface area contributed by atoms with Crippen molar-refractivity contribution in [3.8, 4) is 0 Å². The molecule has 2 aromatic carbocycles. The highest BCUT2D eigenvalue weighted by molar-refractivity contribution is 6.07. The van der Waals surface area contributed by atoms with Crippen molar-refractivity contribution in [1.29, 1.82) is 0 Å². The molecule has 1 aromatic heterocycles. The molecule has 0 saturated carbocycles. The number of rotatable bonds is 7. The Balaban J connectivity index is 1.83. The van der Waals surface area contributed by atoms with Crippen molar-refractivity contribution in [2.24, 2.45) is 0 Å². The lowest BCUT2D eigenvalue weighted by Gasteiger charge is -2.12. The normalized spacial score (nSPS) is 10.6. The lowest BCUT2D eigenvalue weighted by Crippen LogP contribution is -2.18. The van der Waals surface area contributed by atoms with Crippen LogP contribution in [0.3, 0.4) is 0 Å². The summed E-state index contributed by atoms with van der Waals surface area (Å²) in [5.41, 5.74) is 1.83. The van der Waals surface area contributed by atoms with E-state index >= 15 is 0 Å². The minimum atomic E-state index is -0.746. The third-order valence-electron chi connectivity index (χ3n) is 4.95. The number of aryl methyl sites for hydroxylation is 1. The first kappa shape index (κ1) is 22.7. The van der Waals surface area contributed by atoms with Crippen molar-refractivity contribution in [3.63, 3.8) is 0 Å². The topological polar surface area (TPSA) is 115 Å². The van der Waals surface area contributed by atoms with Crippen LogP contribution in [0.5, 0.6) is 0 Å². The van der Waals surface area contributed by atoms with E-state index in [0.29, 0.717) is 16.9 Å². The van der Waals surface area contributed by atoms with Gasteiger partial charge in [-0.1, -0.05) is 24.3 Å². The van der Waals surface area contributed by atoms with Gasteiger partial charge in [-0.15, -0.1) is 0 Å². The van der Waals surface area contributed by atoms with Crippen LogP contribution in [-0.4, -0.2) is 41.8 Å². The highest BCUT2D eigenvalue weighted by Crippen LogP contribution is 2.25. The number of hydrogen-bond acceptors (Lipinski definition) is 6. The highest BCUT2D eigenvalue weighted by atomic mass is 16.5. The van der Waals surface area contributed by atoms with E-state index in [1.54, 1.807) is 32.9 Å². The first-order chi connectivity index (χ1) is 15.2. The molecule has 1 amide bonds. The lowest BCUT2D eigenvalue weighted by molar-refractivity contribution is -0.114. The molecule has 0 radical (unpaired) electrons. The lowest BCUT2D eigenvalue weighted by atomic mass is 10.0. The van der Waals surface area contributed by atoms with Crippen LogP contribution in [-0.2, 0) is 14.3 Å². The second-order valence-corrected chi connectivity index (χ2v) is 7.27. The Morgan fingerprint density at radius 3 is 2.25 bits per heavy atom. The number of fused-ring (bicyclic) bond motifs is 1. The van der Waals surface area contributed by atoms with Crippen molar-refractivity contribution in [2.75, 3.05) is 18.5 Å². The Morgan fingerprint density at radius 2 is 1.62 bits per heavy atom. The van der Waals surface area contributed by atoms with Crippen molar-refractivity contribution in [1.82, 2.24) is 4.98 Å². The zero-order valence-electron chi connectivity index (χ0n) is 18.3. The zero-order valence-corrected chi connectivity index (χ0v) is 18.3. The van der Waals surface area contributed by atoms with Crippen LogP contribution in [0.25, 0.3) is 10.8 Å². The smallest absolute Gasteiger partial charge is 0.355 e. The molecule has 2 N–H and O–H groups in total. The minimum absolute atomic E-state index is 0.140. The zero-order chi connectivity index (χ0) is 23.4. The number of anilines is 1. The number of hydrogen-bond donors (Lipinski definition) is 2. The van der Waals surface area contributed by atoms with Crippen LogP contribution < -0.4 is 5.32 Å². The molecule has 0 aliphatic carbocycles. The molecule has 3 rings (SSSR count). The van der Waals surface area contributed by atoms with Crippen LogP contribution in [0.15, 0.2) is 36.4 Å². The average molecular weight is 436 g/mol. The number of aromatic amines is 1. The van der Waals surface area contributed by atoms with Gasteiger partial charge in [-0.05, 0) is 49.2 Å². The predicted octanol–water partition coefficient (Wildman–Crippen LogP) is 3.96. The standard InChI is InChI=1S/C24H24N2O6/c1-5-31-24(30)22-13(2)21(14(3)25-22)20(28)12-32-23(29)18-10-16-8-6-7-9-17(16)11-19(18)26-15(4)27/h6-11,25H,5,12H2,1-4H3,(H,26,27). The number of carbonyl (C=O) groups excluding carboxylic acids is 4. The summed E-state index contributed by atoms with van der Waals surface area (Å²) in [6, 6.07) is 10.7. The summed E-state index contributed by atoms with van der Waals surface area (Å²) in [6.45, 7) is 6.00. The SMILES string of the molecule is CCOC(=O)c1[nH]c(C)c(C(=O)COC(=O)c2cc3ccccc3cc2NC(C)=O)c1C. The van der Waals surface area contributed by atoms with E-state index in [-0.39, 0.29) is 29.3 Å². The van der Waals surface area contributed by atoms with Gasteiger partial charge in [0, 0.05) is 18.2 Å². The fourth-order valence-electron chi connectivity index (χ4n) is 3.56. The van der Waals surface area contributed by atoms with Gasteiger partial charge in [0.2, 0.25) is 11.7 Å². The molecule has 0 aliphatic heterocycles. The molecule has 8 heteroatoms. The molecular weight excluding hydrogens is 412 g/mol. The molecule has 0 fully saturated rings. The molecule has 1 heterocycles. The molecule has 0 bridgehead atoms. The first-order valence-electron chi connectivity index (χ1n) is 10.1. The predicted molar refractivity (Wildman–Crippen MR) is 119 cm³/mol. The van der Waals surface area contributed by atoms with Gasteiger partial charge >= 0.3 is 11.9 Å². The minimum Gasteiger partial charge on any atom is -0.461 e. The summed E-state index contributed by atoms with van der Waals surface area (Å²) in [6.07, 6.45) is 0. The van der Waals surface area contributed by atoms with Crippen LogP contribution in [0, 0.1) is 13.8 Å². The molecule has 8 nitrogen and oxygen atoms in total. The maximum Gasteiger partial charge on any atom is 0.355 e. The van der Waals surface area contributed by atoms with Gasteiger partial charge in [-0.25, -0.2) is 9.59 Å². The third-order valence-corrected chi connectivity index (χ3v) is 4.95. The van der Waals surface area contributed by atoms with Crippen LogP contribution >= 0.6 is 0 Å². The van der Waals surface area contributed by atoms with E-state index < -0.39 is 24.3 Å². The Hall–Kier alpha value is -3.94. The fourth-order valence-corrected chi connectivity index (χ4v) is 3.56. The van der Waals surface area contributed by atoms with Crippen LogP contribution in [0.4, 0.5) is 5.69 Å². The van der Waals surface area contributed by atoms with Gasteiger partial charge in [0.15, 0.2) is 6.61 Å². The van der Waals surface area contributed by atoms with E-state index in [4.69, 9.17) is 9.47 Å². The van der Waals surface area contributed by atoms with E-state index in [0.717, 1.165) is 10.8 Å². The molecule has 0 unspecified atom stereocenters. The summed E-state index contributed by atoms with van der Waals surface area (Å²) in [5, 5.41) is 4.26.